The number of benzene rings is 2. The third kappa shape index (κ3) is 5.03. The molecular formula is C20H26INO2. The van der Waals surface area contributed by atoms with Crippen molar-refractivity contribution in [1.82, 2.24) is 0 Å². The Bertz CT molecular complexity index is 658. The van der Waals surface area contributed by atoms with Gasteiger partial charge in [-0.2, -0.15) is 0 Å². The minimum Gasteiger partial charge on any atom is -0.490 e. The van der Waals surface area contributed by atoms with Gasteiger partial charge in [0.1, 0.15) is 0 Å². The molecule has 0 aliphatic heterocycles. The molecular weight excluding hydrogens is 413 g/mol. The van der Waals surface area contributed by atoms with Crippen molar-refractivity contribution < 1.29 is 9.47 Å². The number of nitrogens with one attached hydrogen (secondary N) is 1. The molecule has 0 radical (unpaired) electrons. The first kappa shape index (κ1) is 18.9. The molecule has 1 N–H and O–H groups in total. The van der Waals surface area contributed by atoms with Crippen LogP contribution in [0, 0.1) is 3.57 Å². The Morgan fingerprint density at radius 3 is 2.54 bits per heavy atom. The number of halogens is 1. The second-order valence-electron chi connectivity index (χ2n) is 5.55. The van der Waals surface area contributed by atoms with Crippen LogP contribution in [0.25, 0.3) is 0 Å². The van der Waals surface area contributed by atoms with Crippen LogP contribution in [-0.2, 0) is 13.0 Å². The Balaban J connectivity index is 2.18. The van der Waals surface area contributed by atoms with Crippen molar-refractivity contribution in [2.45, 2.75) is 40.2 Å². The summed E-state index contributed by atoms with van der Waals surface area (Å²) in [4.78, 5) is 0. The van der Waals surface area contributed by atoms with Crippen molar-refractivity contribution in [3.05, 3.63) is 51.1 Å². The first-order chi connectivity index (χ1) is 11.7. The zero-order valence-corrected chi connectivity index (χ0v) is 16.9. The van der Waals surface area contributed by atoms with Crippen molar-refractivity contribution in [3.63, 3.8) is 0 Å². The van der Waals surface area contributed by atoms with Gasteiger partial charge in [0, 0.05) is 12.2 Å². The monoisotopic (exact) mass is 439 g/mol. The van der Waals surface area contributed by atoms with E-state index in [1.165, 1.54) is 16.8 Å². The number of hydrogen-bond donors (Lipinski definition) is 1. The quantitative estimate of drug-likeness (QED) is 0.512. The van der Waals surface area contributed by atoms with E-state index < -0.39 is 0 Å². The Labute approximate surface area is 158 Å². The van der Waals surface area contributed by atoms with E-state index in [1.807, 2.05) is 6.92 Å². The largest absolute Gasteiger partial charge is 0.490 e. The van der Waals surface area contributed by atoms with E-state index in [9.17, 15) is 0 Å². The average Bonchev–Trinajstić information content (AvgIpc) is 2.59. The number of rotatable bonds is 9. The molecule has 0 spiro atoms. The van der Waals surface area contributed by atoms with Crippen molar-refractivity contribution in [1.29, 1.82) is 0 Å². The van der Waals surface area contributed by atoms with Gasteiger partial charge in [0.25, 0.3) is 0 Å². The van der Waals surface area contributed by atoms with Crippen molar-refractivity contribution in [2.75, 3.05) is 18.5 Å². The number of hydrogen-bond acceptors (Lipinski definition) is 3. The highest BCUT2D eigenvalue weighted by Crippen LogP contribution is 2.34. The third-order valence-electron chi connectivity index (χ3n) is 3.70. The van der Waals surface area contributed by atoms with E-state index in [0.717, 1.165) is 34.5 Å². The van der Waals surface area contributed by atoms with Crippen LogP contribution in [0.5, 0.6) is 11.5 Å². The van der Waals surface area contributed by atoms with Crippen molar-refractivity contribution in [2.24, 2.45) is 0 Å². The molecule has 0 aliphatic carbocycles. The van der Waals surface area contributed by atoms with E-state index >= 15 is 0 Å². The van der Waals surface area contributed by atoms with Gasteiger partial charge in [-0.25, -0.2) is 0 Å². The maximum Gasteiger partial charge on any atom is 0.174 e. The van der Waals surface area contributed by atoms with Gasteiger partial charge in [-0.3, -0.25) is 0 Å². The lowest BCUT2D eigenvalue weighted by Gasteiger charge is -2.16. The summed E-state index contributed by atoms with van der Waals surface area (Å²) in [6.45, 7) is 8.39. The van der Waals surface area contributed by atoms with Crippen LogP contribution in [0.15, 0.2) is 36.4 Å². The van der Waals surface area contributed by atoms with Crippen LogP contribution >= 0.6 is 22.6 Å². The SMILES string of the molecule is CCCOc1c(I)cc(CNc2ccccc2CC)cc1OCC. The Kier molecular flexibility index (Phi) is 7.69. The highest BCUT2D eigenvalue weighted by Gasteiger charge is 2.12. The molecule has 0 amide bonds. The van der Waals surface area contributed by atoms with E-state index in [4.69, 9.17) is 9.47 Å². The normalized spacial score (nSPS) is 10.5. The average molecular weight is 439 g/mol. The third-order valence-corrected chi connectivity index (χ3v) is 4.50. The topological polar surface area (TPSA) is 30.5 Å². The van der Waals surface area contributed by atoms with Gasteiger partial charge in [0.15, 0.2) is 11.5 Å². The highest BCUT2D eigenvalue weighted by molar-refractivity contribution is 14.1. The van der Waals surface area contributed by atoms with E-state index in [2.05, 4.69) is 78.2 Å². The fourth-order valence-electron chi connectivity index (χ4n) is 2.53. The molecule has 0 saturated heterocycles. The predicted octanol–water partition coefficient (Wildman–Crippen LogP) is 5.65. The summed E-state index contributed by atoms with van der Waals surface area (Å²) in [6.07, 6.45) is 2.01. The molecule has 0 aliphatic rings. The number of aryl methyl sites for hydroxylation is 1. The van der Waals surface area contributed by atoms with Gasteiger partial charge in [-0.05, 0) is 71.7 Å². The van der Waals surface area contributed by atoms with Crippen LogP contribution in [0.3, 0.4) is 0 Å². The number of ether oxygens (including phenoxy) is 2. The minimum atomic E-state index is 0.633. The molecule has 0 unspecified atom stereocenters. The molecule has 2 rings (SSSR count). The van der Waals surface area contributed by atoms with E-state index in [0.29, 0.717) is 13.2 Å². The second kappa shape index (κ2) is 9.77. The number of anilines is 1. The molecule has 0 heterocycles. The molecule has 130 valence electrons. The second-order valence-corrected chi connectivity index (χ2v) is 6.71. The van der Waals surface area contributed by atoms with E-state index in [-0.39, 0.29) is 0 Å². The first-order valence-electron chi connectivity index (χ1n) is 8.59. The molecule has 0 fully saturated rings. The summed E-state index contributed by atoms with van der Waals surface area (Å²) in [7, 11) is 0. The summed E-state index contributed by atoms with van der Waals surface area (Å²) >= 11 is 2.33. The highest BCUT2D eigenvalue weighted by atomic mass is 127. The Morgan fingerprint density at radius 1 is 1.04 bits per heavy atom. The lowest BCUT2D eigenvalue weighted by molar-refractivity contribution is 0.275. The summed E-state index contributed by atoms with van der Waals surface area (Å²) in [6, 6.07) is 12.7. The zero-order valence-electron chi connectivity index (χ0n) is 14.7. The van der Waals surface area contributed by atoms with Gasteiger partial charge in [-0.15, -0.1) is 0 Å². The van der Waals surface area contributed by atoms with Crippen molar-refractivity contribution in [3.8, 4) is 11.5 Å². The lowest BCUT2D eigenvalue weighted by Crippen LogP contribution is -2.06. The molecule has 0 bridgehead atoms. The molecule has 3 nitrogen and oxygen atoms in total. The lowest BCUT2D eigenvalue weighted by atomic mass is 10.1. The van der Waals surface area contributed by atoms with Crippen LogP contribution < -0.4 is 14.8 Å². The number of para-hydroxylation sites is 1. The van der Waals surface area contributed by atoms with Crippen LogP contribution in [0.1, 0.15) is 38.3 Å². The molecule has 0 saturated carbocycles. The van der Waals surface area contributed by atoms with Crippen molar-refractivity contribution >= 4 is 28.3 Å². The molecule has 0 aromatic heterocycles. The van der Waals surface area contributed by atoms with Crippen LogP contribution in [0.4, 0.5) is 5.69 Å². The minimum absolute atomic E-state index is 0.633. The standard InChI is InChI=1S/C20H26INO2/c1-4-11-24-20-17(21)12-15(13-19(20)23-6-3)14-22-18-10-8-7-9-16(18)5-2/h7-10,12-13,22H,4-6,11,14H2,1-3H3. The summed E-state index contributed by atoms with van der Waals surface area (Å²) in [5.41, 5.74) is 3.72. The molecule has 0 atom stereocenters. The summed E-state index contributed by atoms with van der Waals surface area (Å²) in [5.74, 6) is 1.69. The van der Waals surface area contributed by atoms with Crippen LogP contribution in [0.2, 0.25) is 0 Å². The Morgan fingerprint density at radius 2 is 1.83 bits per heavy atom. The predicted molar refractivity (Wildman–Crippen MR) is 109 cm³/mol. The molecule has 24 heavy (non-hydrogen) atoms. The van der Waals surface area contributed by atoms with Gasteiger partial charge >= 0.3 is 0 Å². The Hall–Kier alpha value is -1.43. The summed E-state index contributed by atoms with van der Waals surface area (Å²) < 4.78 is 12.8. The van der Waals surface area contributed by atoms with E-state index in [1.54, 1.807) is 0 Å². The first-order valence-corrected chi connectivity index (χ1v) is 9.67. The van der Waals surface area contributed by atoms with Gasteiger partial charge in [0.05, 0.1) is 16.8 Å². The van der Waals surface area contributed by atoms with Gasteiger partial charge < -0.3 is 14.8 Å². The maximum atomic E-state index is 5.87. The maximum absolute atomic E-state index is 5.87. The van der Waals surface area contributed by atoms with Gasteiger partial charge in [-0.1, -0.05) is 32.0 Å². The zero-order chi connectivity index (χ0) is 17.4. The fourth-order valence-corrected chi connectivity index (χ4v) is 3.35. The molecule has 4 heteroatoms. The molecule has 2 aromatic carbocycles. The smallest absolute Gasteiger partial charge is 0.174 e. The fraction of sp³-hybridized carbons (Fsp3) is 0.400. The summed E-state index contributed by atoms with van der Waals surface area (Å²) in [5, 5.41) is 3.54. The van der Waals surface area contributed by atoms with Crippen LogP contribution in [-0.4, -0.2) is 13.2 Å². The van der Waals surface area contributed by atoms with Gasteiger partial charge in [0.2, 0.25) is 0 Å². The molecule has 2 aromatic rings.